The van der Waals surface area contributed by atoms with Gasteiger partial charge >= 0.3 is 0 Å². The molecule has 1 aromatic rings. The van der Waals surface area contributed by atoms with Gasteiger partial charge in [-0.05, 0) is 20.0 Å². The molecule has 0 saturated carbocycles. The van der Waals surface area contributed by atoms with E-state index in [2.05, 4.69) is 34.6 Å². The average molecular weight is 255 g/mol. The molecule has 5 heteroatoms. The Balaban J connectivity index is 2.01. The van der Waals surface area contributed by atoms with Crippen molar-refractivity contribution in [3.63, 3.8) is 0 Å². The first kappa shape index (κ1) is 13.0. The van der Waals surface area contributed by atoms with Crippen LogP contribution in [0.4, 0.5) is 0 Å². The van der Waals surface area contributed by atoms with Crippen molar-refractivity contribution in [3.8, 4) is 0 Å². The smallest absolute Gasteiger partial charge is 0.0912 e. The van der Waals surface area contributed by atoms with Crippen molar-refractivity contribution in [1.82, 2.24) is 15.2 Å². The number of hydrogen-bond acceptors (Lipinski definition) is 5. The Bertz CT molecular complexity index is 318. The number of rotatable bonds is 5. The van der Waals surface area contributed by atoms with Gasteiger partial charge in [0.25, 0.3) is 0 Å². The molecule has 0 spiro atoms. The van der Waals surface area contributed by atoms with Gasteiger partial charge in [0.1, 0.15) is 0 Å². The fourth-order valence-corrected chi connectivity index (χ4v) is 2.82. The van der Waals surface area contributed by atoms with E-state index in [1.807, 2.05) is 5.51 Å². The summed E-state index contributed by atoms with van der Waals surface area (Å²) in [6.07, 6.45) is 1.37. The third kappa shape index (κ3) is 3.25. The lowest BCUT2D eigenvalue weighted by atomic mass is 10.0. The number of nitrogens with zero attached hydrogens (tertiary/aromatic N) is 2. The Hall–Kier alpha value is -0.490. The van der Waals surface area contributed by atoms with Crippen LogP contribution < -0.4 is 5.32 Å². The number of likely N-dealkylation sites (N-methyl/N-ethyl adjacent to an activating group) is 1. The van der Waals surface area contributed by atoms with Gasteiger partial charge in [0.15, 0.2) is 0 Å². The zero-order chi connectivity index (χ0) is 12.1. The summed E-state index contributed by atoms with van der Waals surface area (Å²) in [5, 5.41) is 5.57. The summed E-state index contributed by atoms with van der Waals surface area (Å²) in [5.74, 6) is 0. The molecule has 1 aliphatic rings. The molecule has 2 heterocycles. The van der Waals surface area contributed by atoms with Crippen LogP contribution in [0.1, 0.15) is 25.1 Å². The lowest BCUT2D eigenvalue weighted by molar-refractivity contribution is -0.0624. The molecule has 1 N–H and O–H groups in total. The van der Waals surface area contributed by atoms with Crippen LogP contribution in [-0.2, 0) is 4.74 Å². The molecule has 1 saturated heterocycles. The summed E-state index contributed by atoms with van der Waals surface area (Å²) in [6, 6.07) is 0.291. The van der Waals surface area contributed by atoms with Gasteiger partial charge in [0.2, 0.25) is 0 Å². The van der Waals surface area contributed by atoms with Crippen LogP contribution in [0.5, 0.6) is 0 Å². The first-order valence-corrected chi connectivity index (χ1v) is 7.18. The van der Waals surface area contributed by atoms with Crippen molar-refractivity contribution >= 4 is 11.3 Å². The van der Waals surface area contributed by atoms with E-state index in [0.717, 1.165) is 38.4 Å². The van der Waals surface area contributed by atoms with Crippen molar-refractivity contribution in [3.05, 3.63) is 16.6 Å². The molecule has 2 unspecified atom stereocenters. The quantitative estimate of drug-likeness (QED) is 0.809. The molecular weight excluding hydrogens is 234 g/mol. The maximum atomic E-state index is 5.89. The minimum atomic E-state index is 0.211. The van der Waals surface area contributed by atoms with E-state index in [1.54, 1.807) is 11.3 Å². The Morgan fingerprint density at radius 1 is 1.65 bits per heavy atom. The normalized spacial score (nSPS) is 26.2. The van der Waals surface area contributed by atoms with E-state index >= 15 is 0 Å². The highest BCUT2D eigenvalue weighted by Crippen LogP contribution is 2.27. The highest BCUT2D eigenvalue weighted by molar-refractivity contribution is 7.07. The number of aromatic nitrogens is 1. The second-order valence-electron chi connectivity index (χ2n) is 4.45. The zero-order valence-corrected chi connectivity index (χ0v) is 11.4. The molecule has 0 aromatic carbocycles. The molecule has 2 rings (SSSR count). The minimum absolute atomic E-state index is 0.211. The average Bonchev–Trinajstić information content (AvgIpc) is 2.83. The predicted octanol–water partition coefficient (Wildman–Crippen LogP) is 1.51. The molecule has 1 aromatic heterocycles. The maximum absolute atomic E-state index is 5.89. The SMILES string of the molecule is CCCNCC1OCCN(C)C1c1cscn1. The summed E-state index contributed by atoms with van der Waals surface area (Å²) in [4.78, 5) is 6.78. The topological polar surface area (TPSA) is 37.4 Å². The van der Waals surface area contributed by atoms with Crippen LogP contribution in [0, 0.1) is 0 Å². The van der Waals surface area contributed by atoms with E-state index in [1.165, 1.54) is 0 Å². The van der Waals surface area contributed by atoms with Gasteiger partial charge in [-0.1, -0.05) is 6.92 Å². The van der Waals surface area contributed by atoms with E-state index < -0.39 is 0 Å². The molecular formula is C12H21N3OS. The second kappa shape index (κ2) is 6.44. The predicted molar refractivity (Wildman–Crippen MR) is 70.4 cm³/mol. The van der Waals surface area contributed by atoms with Crippen LogP contribution in [0.15, 0.2) is 10.9 Å². The second-order valence-corrected chi connectivity index (χ2v) is 5.17. The third-order valence-corrected chi connectivity index (χ3v) is 3.73. The molecule has 17 heavy (non-hydrogen) atoms. The van der Waals surface area contributed by atoms with Crippen molar-refractivity contribution in [2.75, 3.05) is 33.3 Å². The van der Waals surface area contributed by atoms with Crippen LogP contribution in [0.3, 0.4) is 0 Å². The molecule has 0 bridgehead atoms. The standard InChI is InChI=1S/C12H21N3OS/c1-3-4-13-7-11-12(10-8-17-9-14-10)15(2)5-6-16-11/h8-9,11-13H,3-7H2,1-2H3. The van der Waals surface area contributed by atoms with E-state index in [-0.39, 0.29) is 6.10 Å². The molecule has 1 fully saturated rings. The summed E-state index contributed by atoms with van der Waals surface area (Å²) in [6.45, 7) is 5.93. The Morgan fingerprint density at radius 2 is 2.53 bits per heavy atom. The molecule has 0 radical (unpaired) electrons. The largest absolute Gasteiger partial charge is 0.374 e. The molecule has 96 valence electrons. The van der Waals surface area contributed by atoms with Crippen LogP contribution in [-0.4, -0.2) is 49.3 Å². The number of hydrogen-bond donors (Lipinski definition) is 1. The van der Waals surface area contributed by atoms with Crippen molar-refractivity contribution in [2.24, 2.45) is 0 Å². The number of nitrogens with one attached hydrogen (secondary N) is 1. The number of morpholine rings is 1. The Morgan fingerprint density at radius 3 is 3.24 bits per heavy atom. The first-order chi connectivity index (χ1) is 8.33. The van der Waals surface area contributed by atoms with Gasteiger partial charge < -0.3 is 10.1 Å². The monoisotopic (exact) mass is 255 g/mol. The summed E-state index contributed by atoms with van der Waals surface area (Å²) >= 11 is 1.65. The minimum Gasteiger partial charge on any atom is -0.374 e. The van der Waals surface area contributed by atoms with Gasteiger partial charge in [-0.15, -0.1) is 11.3 Å². The summed E-state index contributed by atoms with van der Waals surface area (Å²) in [5.41, 5.74) is 3.04. The Kier molecular flexibility index (Phi) is 4.91. The fraction of sp³-hybridized carbons (Fsp3) is 0.750. The van der Waals surface area contributed by atoms with Crippen molar-refractivity contribution in [1.29, 1.82) is 0 Å². The lowest BCUT2D eigenvalue weighted by Gasteiger charge is -2.38. The van der Waals surface area contributed by atoms with Gasteiger partial charge in [-0.25, -0.2) is 4.98 Å². The summed E-state index contributed by atoms with van der Waals surface area (Å²) < 4.78 is 5.89. The van der Waals surface area contributed by atoms with Crippen LogP contribution >= 0.6 is 11.3 Å². The van der Waals surface area contributed by atoms with Crippen LogP contribution in [0.25, 0.3) is 0 Å². The molecule has 4 nitrogen and oxygen atoms in total. The zero-order valence-electron chi connectivity index (χ0n) is 10.6. The van der Waals surface area contributed by atoms with Gasteiger partial charge in [0.05, 0.1) is 30.0 Å². The van der Waals surface area contributed by atoms with Gasteiger partial charge in [-0.2, -0.15) is 0 Å². The highest BCUT2D eigenvalue weighted by atomic mass is 32.1. The molecule has 0 amide bonds. The van der Waals surface area contributed by atoms with Gasteiger partial charge in [-0.3, -0.25) is 4.90 Å². The lowest BCUT2D eigenvalue weighted by Crippen LogP contribution is -2.47. The molecule has 2 atom stereocenters. The highest BCUT2D eigenvalue weighted by Gasteiger charge is 2.32. The van der Waals surface area contributed by atoms with Gasteiger partial charge in [0, 0.05) is 18.5 Å². The van der Waals surface area contributed by atoms with E-state index in [9.17, 15) is 0 Å². The summed E-state index contributed by atoms with van der Waals surface area (Å²) in [7, 11) is 2.15. The van der Waals surface area contributed by atoms with Crippen LogP contribution in [0.2, 0.25) is 0 Å². The van der Waals surface area contributed by atoms with E-state index in [4.69, 9.17) is 4.74 Å². The first-order valence-electron chi connectivity index (χ1n) is 6.23. The fourth-order valence-electron chi connectivity index (χ4n) is 2.24. The van der Waals surface area contributed by atoms with Crippen molar-refractivity contribution in [2.45, 2.75) is 25.5 Å². The third-order valence-electron chi connectivity index (χ3n) is 3.13. The molecule has 0 aliphatic carbocycles. The number of thiazole rings is 1. The maximum Gasteiger partial charge on any atom is 0.0912 e. The van der Waals surface area contributed by atoms with Crippen molar-refractivity contribution < 1.29 is 4.74 Å². The molecule has 1 aliphatic heterocycles. The Labute approximate surface area is 107 Å². The number of ether oxygens (including phenoxy) is 1. The van der Waals surface area contributed by atoms with E-state index in [0.29, 0.717) is 6.04 Å².